The SMILES string of the molecule is COc1ccc(S(=O)(=O)N2CCCCC2)cc1NC(=O)CN1C(=O)N[C@@]2(CCCC[C@@H]2C)C1=O. The quantitative estimate of drug-likeness (QED) is 0.587. The molecule has 186 valence electrons. The fourth-order valence-corrected chi connectivity index (χ4v) is 6.72. The average Bonchev–Trinajstić information content (AvgIpc) is 3.06. The molecular weight excluding hydrogens is 460 g/mol. The van der Waals surface area contributed by atoms with Crippen molar-refractivity contribution in [2.45, 2.75) is 62.3 Å². The number of sulfonamides is 1. The van der Waals surface area contributed by atoms with E-state index in [0.29, 0.717) is 19.5 Å². The van der Waals surface area contributed by atoms with Gasteiger partial charge in [0.15, 0.2) is 0 Å². The normalized spacial score (nSPS) is 25.9. The second-order valence-electron chi connectivity index (χ2n) is 9.31. The number of nitrogens with one attached hydrogen (secondary N) is 2. The van der Waals surface area contributed by atoms with Crippen molar-refractivity contribution in [3.05, 3.63) is 18.2 Å². The zero-order valence-corrected chi connectivity index (χ0v) is 20.4. The predicted molar refractivity (Wildman–Crippen MR) is 125 cm³/mol. The third-order valence-electron chi connectivity index (χ3n) is 7.20. The molecule has 0 unspecified atom stereocenters. The Hall–Kier alpha value is -2.66. The van der Waals surface area contributed by atoms with E-state index in [-0.39, 0.29) is 28.2 Å². The highest BCUT2D eigenvalue weighted by Crippen LogP contribution is 2.38. The summed E-state index contributed by atoms with van der Waals surface area (Å²) in [6.07, 6.45) is 5.85. The highest BCUT2D eigenvalue weighted by atomic mass is 32.2. The summed E-state index contributed by atoms with van der Waals surface area (Å²) in [6, 6.07) is 3.71. The van der Waals surface area contributed by atoms with Gasteiger partial charge in [-0.2, -0.15) is 4.31 Å². The minimum Gasteiger partial charge on any atom is -0.495 e. The van der Waals surface area contributed by atoms with Crippen LogP contribution in [0, 0.1) is 5.92 Å². The molecule has 3 fully saturated rings. The second-order valence-corrected chi connectivity index (χ2v) is 11.3. The fraction of sp³-hybridized carbons (Fsp3) is 0.609. The van der Waals surface area contributed by atoms with E-state index in [1.807, 2.05) is 6.92 Å². The summed E-state index contributed by atoms with van der Waals surface area (Å²) in [7, 11) is -2.30. The maximum absolute atomic E-state index is 13.1. The molecule has 0 bridgehead atoms. The first-order valence-electron chi connectivity index (χ1n) is 11.8. The van der Waals surface area contributed by atoms with Crippen LogP contribution in [0.3, 0.4) is 0 Å². The molecule has 1 aromatic carbocycles. The number of imide groups is 1. The van der Waals surface area contributed by atoms with Crippen molar-refractivity contribution in [2.75, 3.05) is 32.1 Å². The first kappa shape index (κ1) is 24.5. The first-order valence-corrected chi connectivity index (χ1v) is 13.3. The number of hydrogen-bond donors (Lipinski definition) is 2. The van der Waals surface area contributed by atoms with Gasteiger partial charge >= 0.3 is 6.03 Å². The van der Waals surface area contributed by atoms with E-state index in [0.717, 1.165) is 43.4 Å². The van der Waals surface area contributed by atoms with E-state index >= 15 is 0 Å². The number of anilines is 1. The molecule has 2 atom stereocenters. The zero-order chi connectivity index (χ0) is 24.5. The number of piperidine rings is 1. The molecule has 4 rings (SSSR count). The Morgan fingerprint density at radius 1 is 1.18 bits per heavy atom. The summed E-state index contributed by atoms with van der Waals surface area (Å²) in [4.78, 5) is 39.5. The van der Waals surface area contributed by atoms with Gasteiger partial charge in [0.25, 0.3) is 5.91 Å². The summed E-state index contributed by atoms with van der Waals surface area (Å²) in [5, 5.41) is 5.45. The van der Waals surface area contributed by atoms with Gasteiger partial charge in [-0.15, -0.1) is 0 Å². The van der Waals surface area contributed by atoms with Crippen molar-refractivity contribution in [1.82, 2.24) is 14.5 Å². The Labute approximate surface area is 200 Å². The molecule has 0 radical (unpaired) electrons. The number of ether oxygens (including phenoxy) is 1. The molecule has 1 saturated carbocycles. The highest BCUT2D eigenvalue weighted by Gasteiger charge is 2.55. The topological polar surface area (TPSA) is 125 Å². The Morgan fingerprint density at radius 2 is 1.91 bits per heavy atom. The standard InChI is InChI=1S/C23H32N4O6S/c1-16-8-4-5-11-23(16)21(29)27(22(30)25-23)15-20(28)24-18-14-17(9-10-19(18)33-2)34(31,32)26-12-6-3-7-13-26/h9-10,14,16H,3-8,11-13,15H2,1-2H3,(H,24,28)(H,25,30)/t16-,23+/m0/s1. The number of urea groups is 1. The zero-order valence-electron chi connectivity index (χ0n) is 19.6. The van der Waals surface area contributed by atoms with Crippen LogP contribution in [0.5, 0.6) is 5.75 Å². The maximum Gasteiger partial charge on any atom is 0.325 e. The van der Waals surface area contributed by atoms with Gasteiger partial charge in [-0.3, -0.25) is 14.5 Å². The Balaban J connectivity index is 1.51. The number of rotatable bonds is 6. The van der Waals surface area contributed by atoms with Crippen LogP contribution in [-0.2, 0) is 19.6 Å². The van der Waals surface area contributed by atoms with Crippen LogP contribution < -0.4 is 15.4 Å². The molecule has 11 heteroatoms. The Kier molecular flexibility index (Phi) is 6.86. The monoisotopic (exact) mass is 492 g/mol. The lowest BCUT2D eigenvalue weighted by Crippen LogP contribution is -2.54. The lowest BCUT2D eigenvalue weighted by Gasteiger charge is -2.36. The summed E-state index contributed by atoms with van der Waals surface area (Å²) in [5.41, 5.74) is -0.783. The molecule has 34 heavy (non-hydrogen) atoms. The predicted octanol–water partition coefficient (Wildman–Crippen LogP) is 2.31. The molecule has 2 saturated heterocycles. The summed E-state index contributed by atoms with van der Waals surface area (Å²) >= 11 is 0. The number of amides is 4. The largest absolute Gasteiger partial charge is 0.495 e. The van der Waals surface area contributed by atoms with E-state index in [4.69, 9.17) is 4.74 Å². The van der Waals surface area contributed by atoms with Crippen LogP contribution in [0.15, 0.2) is 23.1 Å². The molecular formula is C23H32N4O6S. The van der Waals surface area contributed by atoms with Gasteiger partial charge in [0, 0.05) is 13.1 Å². The minimum absolute atomic E-state index is 0.0115. The van der Waals surface area contributed by atoms with Crippen LogP contribution in [0.1, 0.15) is 51.9 Å². The van der Waals surface area contributed by atoms with Crippen molar-refractivity contribution in [3.8, 4) is 5.75 Å². The second kappa shape index (κ2) is 9.53. The third kappa shape index (κ3) is 4.38. The van der Waals surface area contributed by atoms with E-state index in [9.17, 15) is 22.8 Å². The Bertz CT molecular complexity index is 1080. The number of methoxy groups -OCH3 is 1. The number of carbonyl (C=O) groups is 3. The van der Waals surface area contributed by atoms with Crippen molar-refractivity contribution < 1.29 is 27.5 Å². The van der Waals surface area contributed by atoms with E-state index < -0.39 is 34.0 Å². The van der Waals surface area contributed by atoms with E-state index in [1.54, 1.807) is 0 Å². The molecule has 2 aliphatic heterocycles. The molecule has 10 nitrogen and oxygen atoms in total. The summed E-state index contributed by atoms with van der Waals surface area (Å²) in [6.45, 7) is 2.40. The molecule has 2 N–H and O–H groups in total. The molecule has 0 aromatic heterocycles. The van der Waals surface area contributed by atoms with Crippen LogP contribution in [0.4, 0.5) is 10.5 Å². The fourth-order valence-electron chi connectivity index (χ4n) is 5.17. The van der Waals surface area contributed by atoms with E-state index in [1.165, 1.54) is 29.6 Å². The number of hydrogen-bond acceptors (Lipinski definition) is 6. The Morgan fingerprint density at radius 3 is 2.59 bits per heavy atom. The van der Waals surface area contributed by atoms with Crippen LogP contribution in [0.25, 0.3) is 0 Å². The lowest BCUT2D eigenvalue weighted by molar-refractivity contribution is -0.136. The van der Waals surface area contributed by atoms with E-state index in [2.05, 4.69) is 10.6 Å². The average molecular weight is 493 g/mol. The lowest BCUT2D eigenvalue weighted by atomic mass is 9.73. The van der Waals surface area contributed by atoms with Crippen LogP contribution in [0.2, 0.25) is 0 Å². The van der Waals surface area contributed by atoms with Gasteiger partial charge in [-0.05, 0) is 49.8 Å². The van der Waals surface area contributed by atoms with Gasteiger partial charge < -0.3 is 15.4 Å². The van der Waals surface area contributed by atoms with Crippen molar-refractivity contribution in [3.63, 3.8) is 0 Å². The molecule has 1 aliphatic carbocycles. The van der Waals surface area contributed by atoms with Crippen molar-refractivity contribution in [2.24, 2.45) is 5.92 Å². The smallest absolute Gasteiger partial charge is 0.325 e. The molecule has 1 aromatic rings. The van der Waals surface area contributed by atoms with Gasteiger partial charge in [-0.25, -0.2) is 13.2 Å². The minimum atomic E-state index is -3.71. The summed E-state index contributed by atoms with van der Waals surface area (Å²) < 4.78 is 32.9. The first-order chi connectivity index (χ1) is 16.2. The summed E-state index contributed by atoms with van der Waals surface area (Å²) in [5.74, 6) is -0.730. The van der Waals surface area contributed by atoms with Crippen LogP contribution >= 0.6 is 0 Å². The van der Waals surface area contributed by atoms with Gasteiger partial charge in [0.2, 0.25) is 15.9 Å². The molecule has 1 spiro atoms. The third-order valence-corrected chi connectivity index (χ3v) is 9.10. The van der Waals surface area contributed by atoms with Crippen LogP contribution in [-0.4, -0.2) is 67.8 Å². The molecule has 3 aliphatic rings. The maximum atomic E-state index is 13.1. The van der Waals surface area contributed by atoms with Gasteiger partial charge in [0.1, 0.15) is 17.8 Å². The molecule has 4 amide bonds. The highest BCUT2D eigenvalue weighted by molar-refractivity contribution is 7.89. The number of benzene rings is 1. The van der Waals surface area contributed by atoms with Crippen molar-refractivity contribution >= 4 is 33.6 Å². The molecule has 2 heterocycles. The number of carbonyl (C=O) groups excluding carboxylic acids is 3. The van der Waals surface area contributed by atoms with Crippen molar-refractivity contribution in [1.29, 1.82) is 0 Å². The van der Waals surface area contributed by atoms with Gasteiger partial charge in [0.05, 0.1) is 17.7 Å². The van der Waals surface area contributed by atoms with Gasteiger partial charge in [-0.1, -0.05) is 26.2 Å². The number of nitrogens with zero attached hydrogens (tertiary/aromatic N) is 2.